The molecule has 0 spiro atoms. The molecule has 4 heteroatoms. The van der Waals surface area contributed by atoms with Gasteiger partial charge >= 0.3 is 5.97 Å². The van der Waals surface area contributed by atoms with Crippen LogP contribution in [0.4, 0.5) is 0 Å². The Balaban J connectivity index is 1.96. The molecular weight excluding hydrogens is 218 g/mol. The van der Waals surface area contributed by atoms with E-state index in [1.165, 1.54) is 24.3 Å². The third-order valence-corrected chi connectivity index (χ3v) is 3.17. The molecular formula is C13H15NO3. The fourth-order valence-electron chi connectivity index (χ4n) is 1.55. The van der Waals surface area contributed by atoms with Gasteiger partial charge in [0.1, 0.15) is 0 Å². The van der Waals surface area contributed by atoms with E-state index in [9.17, 15) is 9.59 Å². The second kappa shape index (κ2) is 4.20. The molecule has 0 atom stereocenters. The molecule has 1 aliphatic rings. The number of nitrogens with one attached hydrogen (secondary N) is 1. The first kappa shape index (κ1) is 11.6. The molecule has 0 saturated heterocycles. The average molecular weight is 233 g/mol. The Hall–Kier alpha value is -1.84. The first-order chi connectivity index (χ1) is 8.00. The molecule has 1 saturated carbocycles. The minimum absolute atomic E-state index is 0.143. The molecule has 2 N–H and O–H groups in total. The van der Waals surface area contributed by atoms with Gasteiger partial charge in [0.25, 0.3) is 5.91 Å². The molecule has 17 heavy (non-hydrogen) atoms. The predicted molar refractivity (Wildman–Crippen MR) is 63.1 cm³/mol. The van der Waals surface area contributed by atoms with Gasteiger partial charge < -0.3 is 10.4 Å². The van der Waals surface area contributed by atoms with Crippen molar-refractivity contribution in [3.05, 3.63) is 35.4 Å². The van der Waals surface area contributed by atoms with Crippen LogP contribution in [0.15, 0.2) is 24.3 Å². The van der Waals surface area contributed by atoms with Crippen LogP contribution < -0.4 is 5.32 Å². The molecule has 1 aromatic rings. The quantitative estimate of drug-likeness (QED) is 0.834. The number of hydrogen-bond donors (Lipinski definition) is 2. The third-order valence-electron chi connectivity index (χ3n) is 3.17. The molecule has 0 aromatic heterocycles. The SMILES string of the molecule is CC1(CNC(=O)c2ccc(C(=O)O)cc2)CC1. The molecule has 90 valence electrons. The first-order valence-corrected chi connectivity index (χ1v) is 5.62. The highest BCUT2D eigenvalue weighted by molar-refractivity contribution is 5.95. The molecule has 2 rings (SSSR count). The monoisotopic (exact) mass is 233 g/mol. The summed E-state index contributed by atoms with van der Waals surface area (Å²) >= 11 is 0. The minimum atomic E-state index is -0.984. The van der Waals surface area contributed by atoms with Crippen molar-refractivity contribution in [1.82, 2.24) is 5.32 Å². The smallest absolute Gasteiger partial charge is 0.335 e. The Morgan fingerprint density at radius 2 is 1.76 bits per heavy atom. The molecule has 1 amide bonds. The van der Waals surface area contributed by atoms with Crippen LogP contribution in [0.25, 0.3) is 0 Å². The zero-order valence-electron chi connectivity index (χ0n) is 9.69. The zero-order chi connectivity index (χ0) is 12.5. The Morgan fingerprint density at radius 1 is 1.24 bits per heavy atom. The van der Waals surface area contributed by atoms with Gasteiger partial charge in [0, 0.05) is 12.1 Å². The number of carbonyl (C=O) groups is 2. The van der Waals surface area contributed by atoms with Gasteiger partial charge in [0.2, 0.25) is 0 Å². The van der Waals surface area contributed by atoms with E-state index >= 15 is 0 Å². The van der Waals surface area contributed by atoms with Crippen LogP contribution in [-0.4, -0.2) is 23.5 Å². The number of carboxylic acids is 1. The van der Waals surface area contributed by atoms with Crippen LogP contribution in [-0.2, 0) is 0 Å². The second-order valence-electron chi connectivity index (χ2n) is 4.88. The maximum Gasteiger partial charge on any atom is 0.335 e. The highest BCUT2D eigenvalue weighted by Gasteiger charge is 2.37. The highest BCUT2D eigenvalue weighted by Crippen LogP contribution is 2.44. The first-order valence-electron chi connectivity index (χ1n) is 5.62. The zero-order valence-corrected chi connectivity index (χ0v) is 9.69. The third kappa shape index (κ3) is 2.84. The maximum atomic E-state index is 11.7. The maximum absolute atomic E-state index is 11.7. The van der Waals surface area contributed by atoms with Gasteiger partial charge in [-0.15, -0.1) is 0 Å². The number of carboxylic acid groups (broad SMARTS) is 1. The lowest BCUT2D eigenvalue weighted by atomic mass is 10.1. The van der Waals surface area contributed by atoms with E-state index in [0.29, 0.717) is 12.1 Å². The highest BCUT2D eigenvalue weighted by atomic mass is 16.4. The van der Waals surface area contributed by atoms with Gasteiger partial charge in [0.15, 0.2) is 0 Å². The van der Waals surface area contributed by atoms with Gasteiger partial charge in [-0.2, -0.15) is 0 Å². The molecule has 0 aliphatic heterocycles. The standard InChI is InChI=1S/C13H15NO3/c1-13(6-7-13)8-14-11(15)9-2-4-10(5-3-9)12(16)17/h2-5H,6-8H2,1H3,(H,14,15)(H,16,17). The van der Waals surface area contributed by atoms with Gasteiger partial charge in [-0.3, -0.25) is 4.79 Å². The molecule has 0 radical (unpaired) electrons. The lowest BCUT2D eigenvalue weighted by Crippen LogP contribution is -2.28. The second-order valence-corrected chi connectivity index (χ2v) is 4.88. The van der Waals surface area contributed by atoms with Crippen molar-refractivity contribution in [3.63, 3.8) is 0 Å². The lowest BCUT2D eigenvalue weighted by molar-refractivity contribution is 0.0696. The summed E-state index contributed by atoms with van der Waals surface area (Å²) in [6, 6.07) is 5.95. The predicted octanol–water partition coefficient (Wildman–Crippen LogP) is 1.91. The van der Waals surface area contributed by atoms with E-state index in [1.807, 2.05) is 0 Å². The average Bonchev–Trinajstić information content (AvgIpc) is 3.05. The Morgan fingerprint density at radius 3 is 2.24 bits per heavy atom. The van der Waals surface area contributed by atoms with Crippen molar-refractivity contribution < 1.29 is 14.7 Å². The number of amides is 1. The molecule has 1 aliphatic carbocycles. The van der Waals surface area contributed by atoms with Crippen LogP contribution in [0, 0.1) is 5.41 Å². The number of benzene rings is 1. The summed E-state index contributed by atoms with van der Waals surface area (Å²) in [6.45, 7) is 2.83. The summed E-state index contributed by atoms with van der Waals surface area (Å²) < 4.78 is 0. The minimum Gasteiger partial charge on any atom is -0.478 e. The van der Waals surface area contributed by atoms with Crippen molar-refractivity contribution in [1.29, 1.82) is 0 Å². The summed E-state index contributed by atoms with van der Waals surface area (Å²) in [5.74, 6) is -1.13. The molecule has 0 heterocycles. The number of hydrogen-bond acceptors (Lipinski definition) is 2. The van der Waals surface area contributed by atoms with Crippen molar-refractivity contribution in [2.45, 2.75) is 19.8 Å². The molecule has 0 bridgehead atoms. The van der Waals surface area contributed by atoms with E-state index in [0.717, 1.165) is 12.8 Å². The summed E-state index contributed by atoms with van der Waals surface area (Å²) in [5, 5.41) is 11.6. The topological polar surface area (TPSA) is 66.4 Å². The van der Waals surface area contributed by atoms with E-state index in [-0.39, 0.29) is 16.9 Å². The molecule has 1 aromatic carbocycles. The van der Waals surface area contributed by atoms with Crippen LogP contribution in [0.5, 0.6) is 0 Å². The number of rotatable bonds is 4. The van der Waals surface area contributed by atoms with Crippen molar-refractivity contribution in [2.24, 2.45) is 5.41 Å². The van der Waals surface area contributed by atoms with E-state index in [2.05, 4.69) is 12.2 Å². The lowest BCUT2D eigenvalue weighted by Gasteiger charge is -2.10. The molecule has 4 nitrogen and oxygen atoms in total. The fourth-order valence-corrected chi connectivity index (χ4v) is 1.55. The molecule has 0 unspecified atom stereocenters. The van der Waals surface area contributed by atoms with Crippen LogP contribution in [0.1, 0.15) is 40.5 Å². The van der Waals surface area contributed by atoms with E-state index in [1.54, 1.807) is 0 Å². The van der Waals surface area contributed by atoms with Crippen molar-refractivity contribution >= 4 is 11.9 Å². The normalized spacial score (nSPS) is 16.3. The van der Waals surface area contributed by atoms with Gasteiger partial charge in [-0.25, -0.2) is 4.79 Å². The Labute approximate surface area is 99.6 Å². The fraction of sp³-hybridized carbons (Fsp3) is 0.385. The summed E-state index contributed by atoms with van der Waals surface area (Å²) in [6.07, 6.45) is 2.32. The van der Waals surface area contributed by atoms with Gasteiger partial charge in [-0.1, -0.05) is 6.92 Å². The summed E-state index contributed by atoms with van der Waals surface area (Å²) in [5.41, 5.74) is 0.964. The van der Waals surface area contributed by atoms with Crippen molar-refractivity contribution in [2.75, 3.05) is 6.54 Å². The molecule has 1 fully saturated rings. The summed E-state index contributed by atoms with van der Waals surface area (Å²) in [4.78, 5) is 22.4. The van der Waals surface area contributed by atoms with E-state index < -0.39 is 5.97 Å². The van der Waals surface area contributed by atoms with Gasteiger partial charge in [-0.05, 0) is 42.5 Å². The number of carbonyl (C=O) groups excluding carboxylic acids is 1. The van der Waals surface area contributed by atoms with E-state index in [4.69, 9.17) is 5.11 Å². The van der Waals surface area contributed by atoms with Gasteiger partial charge in [0.05, 0.1) is 5.56 Å². The largest absolute Gasteiger partial charge is 0.478 e. The van der Waals surface area contributed by atoms with Crippen LogP contribution in [0.2, 0.25) is 0 Å². The van der Waals surface area contributed by atoms with Crippen molar-refractivity contribution in [3.8, 4) is 0 Å². The summed E-state index contributed by atoms with van der Waals surface area (Å²) in [7, 11) is 0. The van der Waals surface area contributed by atoms with Crippen LogP contribution >= 0.6 is 0 Å². The Kier molecular flexibility index (Phi) is 2.88. The van der Waals surface area contributed by atoms with Crippen LogP contribution in [0.3, 0.4) is 0 Å². The number of aromatic carboxylic acids is 1. The Bertz CT molecular complexity index is 446.